The lowest BCUT2D eigenvalue weighted by Gasteiger charge is -2.01. The summed E-state index contributed by atoms with van der Waals surface area (Å²) in [5.41, 5.74) is 2.99. The standard InChI is InChI=1S/C16H14N2OS/c1-11-9-12-10-13(4-6-15(12)17-11)18-16(19)7-5-14-3-2-8-20-14/h2-10,17H,1H3,(H,18,19). The van der Waals surface area contributed by atoms with E-state index in [4.69, 9.17) is 0 Å². The summed E-state index contributed by atoms with van der Waals surface area (Å²) >= 11 is 1.60. The number of aromatic nitrogens is 1. The van der Waals surface area contributed by atoms with E-state index in [1.54, 1.807) is 17.4 Å². The molecule has 0 fully saturated rings. The van der Waals surface area contributed by atoms with Crippen LogP contribution in [0.5, 0.6) is 0 Å². The van der Waals surface area contributed by atoms with Gasteiger partial charge >= 0.3 is 0 Å². The molecule has 4 heteroatoms. The second kappa shape index (κ2) is 5.35. The largest absolute Gasteiger partial charge is 0.359 e. The zero-order valence-electron chi connectivity index (χ0n) is 11.0. The van der Waals surface area contributed by atoms with E-state index in [2.05, 4.69) is 16.4 Å². The van der Waals surface area contributed by atoms with Gasteiger partial charge in [-0.2, -0.15) is 0 Å². The van der Waals surface area contributed by atoms with Gasteiger partial charge in [-0.05, 0) is 48.7 Å². The average Bonchev–Trinajstić information content (AvgIpc) is 3.04. The fourth-order valence-electron chi connectivity index (χ4n) is 2.08. The Labute approximate surface area is 121 Å². The van der Waals surface area contributed by atoms with Crippen molar-refractivity contribution < 1.29 is 4.79 Å². The minimum absolute atomic E-state index is 0.120. The molecule has 1 amide bonds. The number of H-pyrrole nitrogens is 1. The van der Waals surface area contributed by atoms with Gasteiger partial charge in [0.05, 0.1) is 0 Å². The van der Waals surface area contributed by atoms with Crippen molar-refractivity contribution in [2.75, 3.05) is 5.32 Å². The van der Waals surface area contributed by atoms with E-state index in [0.717, 1.165) is 27.2 Å². The number of hydrogen-bond acceptors (Lipinski definition) is 2. The van der Waals surface area contributed by atoms with Crippen LogP contribution in [0.4, 0.5) is 5.69 Å². The van der Waals surface area contributed by atoms with Crippen molar-refractivity contribution in [1.82, 2.24) is 4.98 Å². The Balaban J connectivity index is 1.73. The number of nitrogens with one attached hydrogen (secondary N) is 2. The van der Waals surface area contributed by atoms with Crippen molar-refractivity contribution in [2.24, 2.45) is 0 Å². The highest BCUT2D eigenvalue weighted by molar-refractivity contribution is 7.10. The van der Waals surface area contributed by atoms with Crippen LogP contribution in [0.3, 0.4) is 0 Å². The second-order valence-corrected chi connectivity index (χ2v) is 5.57. The van der Waals surface area contributed by atoms with Gasteiger partial charge in [0, 0.05) is 33.2 Å². The molecule has 3 rings (SSSR count). The van der Waals surface area contributed by atoms with Crippen molar-refractivity contribution in [2.45, 2.75) is 6.92 Å². The van der Waals surface area contributed by atoms with Gasteiger partial charge in [-0.15, -0.1) is 11.3 Å². The number of rotatable bonds is 3. The third-order valence-corrected chi connectivity index (χ3v) is 3.80. The summed E-state index contributed by atoms with van der Waals surface area (Å²) in [7, 11) is 0. The highest BCUT2D eigenvalue weighted by Gasteiger charge is 2.01. The molecule has 0 aliphatic heterocycles. The number of fused-ring (bicyclic) bond motifs is 1. The van der Waals surface area contributed by atoms with E-state index in [1.165, 1.54) is 0 Å². The molecular weight excluding hydrogens is 268 g/mol. The van der Waals surface area contributed by atoms with Crippen LogP contribution in [-0.2, 0) is 4.79 Å². The molecule has 3 aromatic rings. The van der Waals surface area contributed by atoms with Crippen LogP contribution in [0.15, 0.2) is 47.9 Å². The van der Waals surface area contributed by atoms with Crippen molar-refractivity contribution in [1.29, 1.82) is 0 Å². The lowest BCUT2D eigenvalue weighted by Crippen LogP contribution is -2.07. The molecule has 0 unspecified atom stereocenters. The summed E-state index contributed by atoms with van der Waals surface area (Å²) in [4.78, 5) is 16.2. The maximum atomic E-state index is 11.8. The van der Waals surface area contributed by atoms with Gasteiger partial charge in [-0.3, -0.25) is 4.79 Å². The van der Waals surface area contributed by atoms with Crippen LogP contribution in [0.25, 0.3) is 17.0 Å². The zero-order valence-corrected chi connectivity index (χ0v) is 11.8. The zero-order chi connectivity index (χ0) is 13.9. The Kier molecular flexibility index (Phi) is 3.39. The smallest absolute Gasteiger partial charge is 0.248 e. The van der Waals surface area contributed by atoms with Crippen LogP contribution >= 0.6 is 11.3 Å². The van der Waals surface area contributed by atoms with Gasteiger partial charge in [0.15, 0.2) is 0 Å². The molecule has 0 atom stereocenters. The third kappa shape index (κ3) is 2.81. The Morgan fingerprint density at radius 3 is 3.00 bits per heavy atom. The fourth-order valence-corrected chi connectivity index (χ4v) is 2.70. The van der Waals surface area contributed by atoms with Gasteiger partial charge < -0.3 is 10.3 Å². The monoisotopic (exact) mass is 282 g/mol. The minimum Gasteiger partial charge on any atom is -0.359 e. The summed E-state index contributed by atoms with van der Waals surface area (Å²) in [6.45, 7) is 2.02. The number of hydrogen-bond donors (Lipinski definition) is 2. The molecule has 2 aromatic heterocycles. The maximum Gasteiger partial charge on any atom is 0.248 e. The van der Waals surface area contributed by atoms with Crippen LogP contribution in [-0.4, -0.2) is 10.9 Å². The number of thiophene rings is 1. The summed E-state index contributed by atoms with van der Waals surface area (Å²) in [5.74, 6) is -0.120. The Bertz CT molecular complexity index is 769. The molecule has 0 saturated carbocycles. The van der Waals surface area contributed by atoms with Crippen LogP contribution < -0.4 is 5.32 Å². The van der Waals surface area contributed by atoms with Gasteiger partial charge in [0.1, 0.15) is 0 Å². The van der Waals surface area contributed by atoms with Gasteiger partial charge in [0.2, 0.25) is 5.91 Å². The van der Waals surface area contributed by atoms with Crippen LogP contribution in [0.1, 0.15) is 10.6 Å². The fraction of sp³-hybridized carbons (Fsp3) is 0.0625. The van der Waals surface area contributed by atoms with Crippen molar-refractivity contribution >= 4 is 39.9 Å². The van der Waals surface area contributed by atoms with Crippen LogP contribution in [0.2, 0.25) is 0 Å². The number of aryl methyl sites for hydroxylation is 1. The van der Waals surface area contributed by atoms with Gasteiger partial charge in [-0.25, -0.2) is 0 Å². The van der Waals surface area contributed by atoms with Gasteiger partial charge in [-0.1, -0.05) is 6.07 Å². The van der Waals surface area contributed by atoms with Crippen LogP contribution in [0, 0.1) is 6.92 Å². The van der Waals surface area contributed by atoms with E-state index in [0.29, 0.717) is 0 Å². The predicted octanol–water partition coefficient (Wildman–Crippen LogP) is 4.19. The Morgan fingerprint density at radius 1 is 1.30 bits per heavy atom. The van der Waals surface area contributed by atoms with Crippen molar-refractivity contribution in [3.05, 3.63) is 58.4 Å². The molecule has 0 radical (unpaired) electrons. The quantitative estimate of drug-likeness (QED) is 0.695. The number of amides is 1. The predicted molar refractivity (Wildman–Crippen MR) is 85.0 cm³/mol. The van der Waals surface area contributed by atoms with E-state index in [9.17, 15) is 4.79 Å². The molecule has 0 spiro atoms. The molecule has 20 heavy (non-hydrogen) atoms. The normalized spacial score (nSPS) is 11.2. The first kappa shape index (κ1) is 12.7. The first-order valence-electron chi connectivity index (χ1n) is 6.33. The van der Waals surface area contributed by atoms with E-state index in [-0.39, 0.29) is 5.91 Å². The highest BCUT2D eigenvalue weighted by atomic mass is 32.1. The van der Waals surface area contributed by atoms with Crippen molar-refractivity contribution in [3.63, 3.8) is 0 Å². The summed E-state index contributed by atoms with van der Waals surface area (Å²) in [5, 5.41) is 5.96. The van der Waals surface area contributed by atoms with Crippen molar-refractivity contribution in [3.8, 4) is 0 Å². The Morgan fingerprint density at radius 2 is 2.20 bits per heavy atom. The number of benzene rings is 1. The molecule has 0 bridgehead atoms. The minimum atomic E-state index is -0.120. The molecule has 0 aliphatic carbocycles. The second-order valence-electron chi connectivity index (χ2n) is 4.59. The molecule has 0 saturated heterocycles. The first-order chi connectivity index (χ1) is 9.70. The van der Waals surface area contributed by atoms with Gasteiger partial charge in [0.25, 0.3) is 0 Å². The average molecular weight is 282 g/mol. The molecule has 3 nitrogen and oxygen atoms in total. The number of carbonyl (C=O) groups excluding carboxylic acids is 1. The van der Waals surface area contributed by atoms with E-state index < -0.39 is 0 Å². The topological polar surface area (TPSA) is 44.9 Å². The summed E-state index contributed by atoms with van der Waals surface area (Å²) in [6.07, 6.45) is 3.37. The molecule has 2 N–H and O–H groups in total. The van der Waals surface area contributed by atoms with E-state index >= 15 is 0 Å². The van der Waals surface area contributed by atoms with E-state index in [1.807, 2.05) is 48.7 Å². The molecule has 1 aromatic carbocycles. The lowest BCUT2D eigenvalue weighted by molar-refractivity contribution is -0.111. The first-order valence-corrected chi connectivity index (χ1v) is 7.21. The lowest BCUT2D eigenvalue weighted by atomic mass is 10.2. The highest BCUT2D eigenvalue weighted by Crippen LogP contribution is 2.20. The number of carbonyl (C=O) groups is 1. The maximum absolute atomic E-state index is 11.8. The summed E-state index contributed by atoms with van der Waals surface area (Å²) < 4.78 is 0. The SMILES string of the molecule is Cc1cc2cc(NC(=O)C=Cc3cccs3)ccc2[nH]1. The molecule has 100 valence electrons. The third-order valence-electron chi connectivity index (χ3n) is 2.97. The molecule has 0 aliphatic rings. The number of aromatic amines is 1. The molecule has 2 heterocycles. The molecular formula is C16H14N2OS. The number of anilines is 1. The Hall–Kier alpha value is -2.33. The summed E-state index contributed by atoms with van der Waals surface area (Å²) in [6, 6.07) is 11.8.